The summed E-state index contributed by atoms with van der Waals surface area (Å²) in [6, 6.07) is 3.34. The van der Waals surface area contributed by atoms with Crippen molar-refractivity contribution in [2.75, 3.05) is 12.5 Å². The molecule has 0 N–H and O–H groups in total. The van der Waals surface area contributed by atoms with Gasteiger partial charge in [0.05, 0.1) is 10.8 Å². The Hall–Kier alpha value is -1.36. The molecule has 1 rings (SSSR count). The van der Waals surface area contributed by atoms with Crippen LogP contribution >= 0.6 is 11.6 Å². The SMILES string of the molecule is O=[N+]([O-])c1ccc(OCCCl)cc1F. The molecule has 0 bridgehead atoms. The summed E-state index contributed by atoms with van der Waals surface area (Å²) >= 11 is 5.35. The fraction of sp³-hybridized carbons (Fsp3) is 0.250. The molecule has 0 amide bonds. The quantitative estimate of drug-likeness (QED) is 0.444. The van der Waals surface area contributed by atoms with E-state index in [1.165, 1.54) is 6.07 Å². The van der Waals surface area contributed by atoms with Crippen molar-refractivity contribution in [2.24, 2.45) is 0 Å². The second kappa shape index (κ2) is 4.76. The van der Waals surface area contributed by atoms with Gasteiger partial charge in [-0.25, -0.2) is 0 Å². The zero-order valence-corrected chi connectivity index (χ0v) is 7.83. The minimum atomic E-state index is -0.915. The second-order valence-electron chi connectivity index (χ2n) is 2.41. The molecule has 0 aliphatic rings. The summed E-state index contributed by atoms with van der Waals surface area (Å²) in [5.41, 5.74) is -0.566. The molecule has 0 aromatic heterocycles. The van der Waals surface area contributed by atoms with Crippen LogP contribution in [0.15, 0.2) is 18.2 Å². The van der Waals surface area contributed by atoms with Crippen molar-refractivity contribution in [3.63, 3.8) is 0 Å². The van der Waals surface area contributed by atoms with Crippen LogP contribution in [0, 0.1) is 15.9 Å². The average molecular weight is 220 g/mol. The number of halogens is 2. The molecule has 0 spiro atoms. The predicted octanol–water partition coefficient (Wildman–Crippen LogP) is 2.35. The third kappa shape index (κ3) is 2.56. The number of ether oxygens (including phenoxy) is 1. The monoisotopic (exact) mass is 219 g/mol. The van der Waals surface area contributed by atoms with Gasteiger partial charge in [0.25, 0.3) is 0 Å². The molecular formula is C8H7ClFNO3. The molecule has 0 radical (unpaired) electrons. The smallest absolute Gasteiger partial charge is 0.305 e. The van der Waals surface area contributed by atoms with Gasteiger partial charge < -0.3 is 4.74 Å². The minimum Gasteiger partial charge on any atom is -0.492 e. The maximum Gasteiger partial charge on any atom is 0.305 e. The van der Waals surface area contributed by atoms with Crippen molar-refractivity contribution in [2.45, 2.75) is 0 Å². The molecule has 0 fully saturated rings. The Kier molecular flexibility index (Phi) is 3.64. The van der Waals surface area contributed by atoms with E-state index in [4.69, 9.17) is 16.3 Å². The highest BCUT2D eigenvalue weighted by Gasteiger charge is 2.13. The van der Waals surface area contributed by atoms with E-state index in [-0.39, 0.29) is 18.2 Å². The van der Waals surface area contributed by atoms with Gasteiger partial charge in [-0.1, -0.05) is 0 Å². The van der Waals surface area contributed by atoms with Crippen LogP contribution in [-0.4, -0.2) is 17.4 Å². The third-order valence-electron chi connectivity index (χ3n) is 1.46. The lowest BCUT2D eigenvalue weighted by atomic mass is 10.3. The molecule has 0 heterocycles. The summed E-state index contributed by atoms with van der Waals surface area (Å²) in [7, 11) is 0. The molecule has 4 nitrogen and oxygen atoms in total. The lowest BCUT2D eigenvalue weighted by molar-refractivity contribution is -0.387. The van der Waals surface area contributed by atoms with Crippen LogP contribution < -0.4 is 4.74 Å². The lowest BCUT2D eigenvalue weighted by Crippen LogP contribution is -1.99. The first kappa shape index (κ1) is 10.7. The Balaban J connectivity index is 2.83. The minimum absolute atomic E-state index is 0.230. The van der Waals surface area contributed by atoms with E-state index in [2.05, 4.69) is 0 Å². The highest BCUT2D eigenvalue weighted by molar-refractivity contribution is 6.17. The van der Waals surface area contributed by atoms with Crippen LogP contribution in [0.4, 0.5) is 10.1 Å². The first-order chi connectivity index (χ1) is 6.65. The number of nitro groups is 1. The van der Waals surface area contributed by atoms with E-state index in [9.17, 15) is 14.5 Å². The van der Waals surface area contributed by atoms with Gasteiger partial charge in [0.1, 0.15) is 12.4 Å². The van der Waals surface area contributed by atoms with Gasteiger partial charge in [-0.15, -0.1) is 11.6 Å². The van der Waals surface area contributed by atoms with E-state index in [0.717, 1.165) is 12.1 Å². The number of benzene rings is 1. The summed E-state index contributed by atoms with van der Waals surface area (Å²) in [6.07, 6.45) is 0. The van der Waals surface area contributed by atoms with Crippen LogP contribution in [0.3, 0.4) is 0 Å². The number of alkyl halides is 1. The maximum atomic E-state index is 13.0. The van der Waals surface area contributed by atoms with Crippen molar-refractivity contribution in [3.8, 4) is 5.75 Å². The molecule has 14 heavy (non-hydrogen) atoms. The van der Waals surface area contributed by atoms with E-state index < -0.39 is 16.4 Å². The molecule has 1 aromatic rings. The molecule has 0 saturated carbocycles. The van der Waals surface area contributed by atoms with Crippen LogP contribution in [0.2, 0.25) is 0 Å². The van der Waals surface area contributed by atoms with Crippen molar-refractivity contribution in [1.82, 2.24) is 0 Å². The number of nitro benzene ring substituents is 1. The summed E-state index contributed by atoms with van der Waals surface area (Å²) in [5, 5.41) is 10.3. The summed E-state index contributed by atoms with van der Waals surface area (Å²) in [4.78, 5) is 9.46. The van der Waals surface area contributed by atoms with E-state index >= 15 is 0 Å². The standard InChI is InChI=1S/C8H7ClFNO3/c9-3-4-14-6-1-2-8(11(12)13)7(10)5-6/h1-2,5H,3-4H2. The lowest BCUT2D eigenvalue weighted by Gasteiger charge is -2.03. The largest absolute Gasteiger partial charge is 0.492 e. The van der Waals surface area contributed by atoms with E-state index in [1.54, 1.807) is 0 Å². The zero-order chi connectivity index (χ0) is 10.6. The molecule has 0 unspecified atom stereocenters. The van der Waals surface area contributed by atoms with Gasteiger partial charge in [0, 0.05) is 12.1 Å². The second-order valence-corrected chi connectivity index (χ2v) is 2.79. The van der Waals surface area contributed by atoms with Crippen molar-refractivity contribution in [1.29, 1.82) is 0 Å². The van der Waals surface area contributed by atoms with Crippen LogP contribution in [-0.2, 0) is 0 Å². The van der Waals surface area contributed by atoms with Gasteiger partial charge in [-0.2, -0.15) is 4.39 Å². The molecule has 6 heteroatoms. The normalized spacial score (nSPS) is 9.86. The Morgan fingerprint density at radius 2 is 2.29 bits per heavy atom. The van der Waals surface area contributed by atoms with Crippen LogP contribution in [0.25, 0.3) is 0 Å². The molecule has 0 aliphatic heterocycles. The van der Waals surface area contributed by atoms with E-state index in [0.29, 0.717) is 0 Å². The number of hydrogen-bond acceptors (Lipinski definition) is 3. The Labute approximate surface area is 84.4 Å². The van der Waals surface area contributed by atoms with E-state index in [1.807, 2.05) is 0 Å². The molecular weight excluding hydrogens is 213 g/mol. The van der Waals surface area contributed by atoms with Crippen molar-refractivity contribution in [3.05, 3.63) is 34.1 Å². The number of rotatable bonds is 4. The maximum absolute atomic E-state index is 13.0. The van der Waals surface area contributed by atoms with Gasteiger partial charge in [-0.05, 0) is 6.07 Å². The third-order valence-corrected chi connectivity index (χ3v) is 1.62. The van der Waals surface area contributed by atoms with Crippen molar-refractivity contribution < 1.29 is 14.1 Å². The number of hydrogen-bond donors (Lipinski definition) is 0. The predicted molar refractivity (Wildman–Crippen MR) is 49.3 cm³/mol. The highest BCUT2D eigenvalue weighted by atomic mass is 35.5. The Morgan fingerprint density at radius 3 is 2.79 bits per heavy atom. The van der Waals surface area contributed by atoms with Gasteiger partial charge in [0.15, 0.2) is 0 Å². The topological polar surface area (TPSA) is 52.4 Å². The Bertz CT molecular complexity index is 345. The van der Waals surface area contributed by atoms with Gasteiger partial charge in [-0.3, -0.25) is 10.1 Å². The first-order valence-corrected chi connectivity index (χ1v) is 4.31. The fourth-order valence-electron chi connectivity index (χ4n) is 0.882. The Morgan fingerprint density at radius 1 is 1.57 bits per heavy atom. The molecule has 0 aliphatic carbocycles. The first-order valence-electron chi connectivity index (χ1n) is 3.78. The van der Waals surface area contributed by atoms with Crippen molar-refractivity contribution >= 4 is 17.3 Å². The fourth-order valence-corrected chi connectivity index (χ4v) is 0.959. The summed E-state index contributed by atoms with van der Waals surface area (Å²) < 4.78 is 17.9. The highest BCUT2D eigenvalue weighted by Crippen LogP contribution is 2.22. The molecule has 0 atom stereocenters. The van der Waals surface area contributed by atoms with Crippen LogP contribution in [0.1, 0.15) is 0 Å². The molecule has 76 valence electrons. The summed E-state index contributed by atoms with van der Waals surface area (Å²) in [6.45, 7) is 0.235. The zero-order valence-electron chi connectivity index (χ0n) is 7.07. The molecule has 0 saturated heterocycles. The van der Waals surface area contributed by atoms with Gasteiger partial charge >= 0.3 is 5.69 Å². The number of nitrogens with zero attached hydrogens (tertiary/aromatic N) is 1. The average Bonchev–Trinajstić information content (AvgIpc) is 2.14. The van der Waals surface area contributed by atoms with Gasteiger partial charge in [0.2, 0.25) is 5.82 Å². The van der Waals surface area contributed by atoms with Crippen LogP contribution in [0.5, 0.6) is 5.75 Å². The summed E-state index contributed by atoms with van der Waals surface area (Å²) in [5.74, 6) is -0.408. The molecule has 1 aromatic carbocycles.